The number of fused-ring (bicyclic) bond motifs is 1. The van der Waals surface area contributed by atoms with Crippen LogP contribution in [0.5, 0.6) is 0 Å². The van der Waals surface area contributed by atoms with Gasteiger partial charge in [0, 0.05) is 40.8 Å². The first-order valence-corrected chi connectivity index (χ1v) is 10.5. The van der Waals surface area contributed by atoms with Crippen molar-refractivity contribution >= 4 is 28.4 Å². The summed E-state index contributed by atoms with van der Waals surface area (Å²) >= 11 is 5.95. The molecule has 2 aromatic carbocycles. The van der Waals surface area contributed by atoms with Crippen molar-refractivity contribution in [2.24, 2.45) is 0 Å². The Hall–Kier alpha value is -3.12. The number of piperidine rings is 1. The van der Waals surface area contributed by atoms with Gasteiger partial charge < -0.3 is 14.4 Å². The van der Waals surface area contributed by atoms with Crippen molar-refractivity contribution in [1.29, 1.82) is 0 Å². The second-order valence-electron chi connectivity index (χ2n) is 7.68. The van der Waals surface area contributed by atoms with Crippen molar-refractivity contribution in [1.82, 2.24) is 20.0 Å². The molecule has 30 heavy (non-hydrogen) atoms. The van der Waals surface area contributed by atoms with Crippen molar-refractivity contribution in [3.05, 3.63) is 71.2 Å². The third-order valence-corrected chi connectivity index (χ3v) is 5.94. The Kier molecular flexibility index (Phi) is 5.01. The third-order valence-electron chi connectivity index (χ3n) is 5.68. The first kappa shape index (κ1) is 18.9. The molecule has 0 radical (unpaired) electrons. The Labute approximate surface area is 178 Å². The van der Waals surface area contributed by atoms with Gasteiger partial charge in [-0.3, -0.25) is 4.79 Å². The van der Waals surface area contributed by atoms with Crippen LogP contribution in [-0.2, 0) is 11.2 Å². The maximum atomic E-state index is 13.0. The predicted molar refractivity (Wildman–Crippen MR) is 115 cm³/mol. The van der Waals surface area contributed by atoms with Crippen molar-refractivity contribution < 1.29 is 9.32 Å². The van der Waals surface area contributed by atoms with E-state index >= 15 is 0 Å². The van der Waals surface area contributed by atoms with Gasteiger partial charge in [0.15, 0.2) is 0 Å². The lowest BCUT2D eigenvalue weighted by Crippen LogP contribution is -2.40. The second-order valence-corrected chi connectivity index (χ2v) is 8.11. The van der Waals surface area contributed by atoms with Crippen LogP contribution >= 0.6 is 11.6 Å². The SMILES string of the molecule is O=C(Cc1c[nH]c2ccccc12)N1CCC[C@@H](c2nc(-c3ccc(Cl)cc3)no2)C1. The molecule has 0 saturated carbocycles. The van der Waals surface area contributed by atoms with Gasteiger partial charge in [-0.25, -0.2) is 0 Å². The number of nitrogens with one attached hydrogen (secondary N) is 1. The van der Waals surface area contributed by atoms with Crippen LogP contribution in [0.25, 0.3) is 22.3 Å². The van der Waals surface area contributed by atoms with Crippen LogP contribution in [0.3, 0.4) is 0 Å². The molecular weight excluding hydrogens is 400 g/mol. The van der Waals surface area contributed by atoms with E-state index in [1.165, 1.54) is 0 Å². The lowest BCUT2D eigenvalue weighted by molar-refractivity contribution is -0.131. The van der Waals surface area contributed by atoms with Crippen molar-refractivity contribution in [3.63, 3.8) is 0 Å². The fourth-order valence-corrected chi connectivity index (χ4v) is 4.20. The van der Waals surface area contributed by atoms with Gasteiger partial charge in [0.2, 0.25) is 17.6 Å². The van der Waals surface area contributed by atoms with Gasteiger partial charge in [0.1, 0.15) is 0 Å². The van der Waals surface area contributed by atoms with E-state index in [2.05, 4.69) is 15.1 Å². The van der Waals surface area contributed by atoms with E-state index < -0.39 is 0 Å². The number of carbonyl (C=O) groups excluding carboxylic acids is 1. The molecule has 7 heteroatoms. The molecule has 4 aromatic rings. The van der Waals surface area contributed by atoms with Gasteiger partial charge in [-0.1, -0.05) is 35.0 Å². The maximum absolute atomic E-state index is 13.0. The fraction of sp³-hybridized carbons (Fsp3) is 0.261. The van der Waals surface area contributed by atoms with Crippen LogP contribution in [0.1, 0.15) is 30.2 Å². The molecule has 5 rings (SSSR count). The summed E-state index contributed by atoms with van der Waals surface area (Å²) < 4.78 is 5.54. The zero-order chi connectivity index (χ0) is 20.5. The zero-order valence-corrected chi connectivity index (χ0v) is 17.1. The number of hydrogen-bond acceptors (Lipinski definition) is 4. The van der Waals surface area contributed by atoms with E-state index in [0.29, 0.717) is 29.7 Å². The number of aromatic nitrogens is 3. The summed E-state index contributed by atoms with van der Waals surface area (Å²) in [4.78, 5) is 22.7. The summed E-state index contributed by atoms with van der Waals surface area (Å²) in [5.41, 5.74) is 2.94. The van der Waals surface area contributed by atoms with Crippen molar-refractivity contribution in [3.8, 4) is 11.4 Å². The van der Waals surface area contributed by atoms with Gasteiger partial charge in [0.25, 0.3) is 0 Å². The molecule has 152 valence electrons. The Balaban J connectivity index is 1.29. The predicted octanol–water partition coefficient (Wildman–Crippen LogP) is 4.82. The molecule has 1 fully saturated rings. The Bertz CT molecular complexity index is 1180. The van der Waals surface area contributed by atoms with Gasteiger partial charge in [-0.05, 0) is 48.7 Å². The quantitative estimate of drug-likeness (QED) is 0.513. The average molecular weight is 421 g/mol. The van der Waals surface area contributed by atoms with Crippen LogP contribution < -0.4 is 0 Å². The molecule has 0 aliphatic carbocycles. The number of nitrogens with zero attached hydrogens (tertiary/aromatic N) is 3. The molecule has 2 aromatic heterocycles. The second kappa shape index (κ2) is 7.95. The normalized spacial score (nSPS) is 16.8. The van der Waals surface area contributed by atoms with E-state index in [4.69, 9.17) is 16.1 Å². The van der Waals surface area contributed by atoms with Crippen LogP contribution in [0.2, 0.25) is 5.02 Å². The number of benzene rings is 2. The minimum Gasteiger partial charge on any atom is -0.361 e. The van der Waals surface area contributed by atoms with Gasteiger partial charge in [0.05, 0.1) is 12.3 Å². The number of H-pyrrole nitrogens is 1. The van der Waals surface area contributed by atoms with Crippen LogP contribution in [0, 0.1) is 0 Å². The number of halogens is 1. The van der Waals surface area contributed by atoms with Crippen molar-refractivity contribution in [2.75, 3.05) is 13.1 Å². The lowest BCUT2D eigenvalue weighted by Gasteiger charge is -2.31. The van der Waals surface area contributed by atoms with Gasteiger partial charge in [-0.15, -0.1) is 0 Å². The standard InChI is InChI=1S/C23H21ClN4O2/c24-18-9-7-15(8-10-18)22-26-23(30-27-22)16-4-3-11-28(14-16)21(29)12-17-13-25-20-6-2-1-5-19(17)20/h1-2,5-10,13,16,25H,3-4,11-12,14H2/t16-/m1/s1. The first-order valence-electron chi connectivity index (χ1n) is 10.1. The molecule has 1 aliphatic rings. The number of rotatable bonds is 4. The summed E-state index contributed by atoms with van der Waals surface area (Å²) in [6.07, 6.45) is 4.17. The minimum atomic E-state index is 0.0548. The first-order chi connectivity index (χ1) is 14.7. The Morgan fingerprint density at radius 3 is 2.90 bits per heavy atom. The van der Waals surface area contributed by atoms with E-state index in [0.717, 1.165) is 41.4 Å². The highest BCUT2D eigenvalue weighted by Crippen LogP contribution is 2.29. The monoisotopic (exact) mass is 420 g/mol. The van der Waals surface area contributed by atoms with Crippen LogP contribution in [0.4, 0.5) is 0 Å². The molecule has 0 unspecified atom stereocenters. The molecule has 1 N–H and O–H groups in total. The zero-order valence-electron chi connectivity index (χ0n) is 16.3. The highest BCUT2D eigenvalue weighted by Gasteiger charge is 2.29. The Morgan fingerprint density at radius 2 is 2.03 bits per heavy atom. The third kappa shape index (κ3) is 3.71. The van der Waals surface area contributed by atoms with E-state index in [9.17, 15) is 4.79 Å². The molecule has 1 atom stereocenters. The summed E-state index contributed by atoms with van der Waals surface area (Å²) in [5, 5.41) is 5.89. The number of aromatic amines is 1. The molecule has 0 spiro atoms. The average Bonchev–Trinajstić information content (AvgIpc) is 3.42. The molecule has 6 nitrogen and oxygen atoms in total. The maximum Gasteiger partial charge on any atom is 0.231 e. The highest BCUT2D eigenvalue weighted by molar-refractivity contribution is 6.30. The minimum absolute atomic E-state index is 0.0548. The fourth-order valence-electron chi connectivity index (χ4n) is 4.08. The molecule has 1 amide bonds. The van der Waals surface area contributed by atoms with Crippen molar-refractivity contribution in [2.45, 2.75) is 25.2 Å². The van der Waals surface area contributed by atoms with E-state index in [1.807, 2.05) is 47.5 Å². The van der Waals surface area contributed by atoms with E-state index in [-0.39, 0.29) is 11.8 Å². The largest absolute Gasteiger partial charge is 0.361 e. The Morgan fingerprint density at radius 1 is 1.20 bits per heavy atom. The molecular formula is C23H21ClN4O2. The topological polar surface area (TPSA) is 75.0 Å². The van der Waals surface area contributed by atoms with Crippen LogP contribution in [0.15, 0.2) is 59.3 Å². The smallest absolute Gasteiger partial charge is 0.231 e. The number of carbonyl (C=O) groups is 1. The summed E-state index contributed by atoms with van der Waals surface area (Å²) in [6, 6.07) is 15.4. The van der Waals surface area contributed by atoms with Gasteiger partial charge >= 0.3 is 0 Å². The van der Waals surface area contributed by atoms with Gasteiger partial charge in [-0.2, -0.15) is 4.98 Å². The number of likely N-dealkylation sites (tertiary alicyclic amines) is 1. The summed E-state index contributed by atoms with van der Waals surface area (Å²) in [6.45, 7) is 1.36. The lowest BCUT2D eigenvalue weighted by atomic mass is 9.97. The number of amides is 1. The highest BCUT2D eigenvalue weighted by atomic mass is 35.5. The summed E-state index contributed by atoms with van der Waals surface area (Å²) in [7, 11) is 0. The molecule has 1 saturated heterocycles. The van der Waals surface area contributed by atoms with Crippen LogP contribution in [-0.4, -0.2) is 39.0 Å². The number of hydrogen-bond donors (Lipinski definition) is 1. The molecule has 0 bridgehead atoms. The molecule has 3 heterocycles. The number of para-hydroxylation sites is 1. The van der Waals surface area contributed by atoms with E-state index in [1.54, 1.807) is 12.1 Å². The summed E-state index contributed by atoms with van der Waals surface area (Å²) in [5.74, 6) is 1.31. The molecule has 1 aliphatic heterocycles.